The lowest BCUT2D eigenvalue weighted by atomic mass is 10.1. The minimum Gasteiger partial charge on any atom is -0.0746 e. The molecule has 0 aliphatic rings. The highest BCUT2D eigenvalue weighted by molar-refractivity contribution is 9.11. The first kappa shape index (κ1) is 9.22. The van der Waals surface area contributed by atoms with Crippen LogP contribution in [0.15, 0.2) is 10.6 Å². The van der Waals surface area contributed by atoms with E-state index < -0.39 is 0 Å². The Morgan fingerprint density at radius 3 is 2.44 bits per heavy atom. The predicted octanol–water partition coefficient (Wildman–Crippen LogP) is 3.72. The van der Waals surface area contributed by atoms with Gasteiger partial charge in [-0.1, -0.05) is 35.9 Å². The van der Waals surface area contributed by atoms with Gasteiger partial charge in [0.15, 0.2) is 0 Å². The van der Waals surface area contributed by atoms with Crippen molar-refractivity contribution in [1.29, 1.82) is 0 Å². The Bertz CT molecular complexity index is 88.7. The van der Waals surface area contributed by atoms with Gasteiger partial charge in [-0.15, -0.1) is 0 Å². The monoisotopic (exact) mass is 190 g/mol. The molecule has 0 aromatic heterocycles. The molecule has 0 saturated carbocycles. The summed E-state index contributed by atoms with van der Waals surface area (Å²) in [5.41, 5.74) is 0. The van der Waals surface area contributed by atoms with Gasteiger partial charge in [0.2, 0.25) is 0 Å². The van der Waals surface area contributed by atoms with Crippen LogP contribution in [0.5, 0.6) is 0 Å². The Morgan fingerprint density at radius 2 is 2.11 bits per heavy atom. The van der Waals surface area contributed by atoms with Crippen LogP contribution in [0.1, 0.15) is 33.6 Å². The normalized spacial score (nSPS) is 12.8. The third-order valence-electron chi connectivity index (χ3n) is 1.17. The molecule has 54 valence electrons. The van der Waals surface area contributed by atoms with Crippen LogP contribution in [-0.2, 0) is 0 Å². The van der Waals surface area contributed by atoms with Crippen LogP contribution >= 0.6 is 15.9 Å². The number of allylic oxidation sites excluding steroid dienone is 2. The highest BCUT2D eigenvalue weighted by Crippen LogP contribution is 2.09. The van der Waals surface area contributed by atoms with E-state index in [1.54, 1.807) is 0 Å². The third kappa shape index (κ3) is 8.22. The SMILES string of the molecule is C/C(Br)=C/CCC(C)C. The fraction of sp³-hybridized carbons (Fsp3) is 0.750. The molecule has 0 N–H and O–H groups in total. The lowest BCUT2D eigenvalue weighted by Gasteiger charge is -1.98. The van der Waals surface area contributed by atoms with Gasteiger partial charge in [-0.25, -0.2) is 0 Å². The summed E-state index contributed by atoms with van der Waals surface area (Å²) < 4.78 is 1.25. The van der Waals surface area contributed by atoms with Gasteiger partial charge in [-0.05, 0) is 30.2 Å². The molecule has 0 aromatic carbocycles. The maximum atomic E-state index is 3.39. The van der Waals surface area contributed by atoms with Gasteiger partial charge >= 0.3 is 0 Å². The topological polar surface area (TPSA) is 0 Å². The maximum absolute atomic E-state index is 3.39. The zero-order valence-corrected chi connectivity index (χ0v) is 8.03. The summed E-state index contributed by atoms with van der Waals surface area (Å²) in [4.78, 5) is 0. The van der Waals surface area contributed by atoms with E-state index in [1.165, 1.54) is 17.3 Å². The van der Waals surface area contributed by atoms with Crippen LogP contribution in [0.4, 0.5) is 0 Å². The summed E-state index contributed by atoms with van der Waals surface area (Å²) in [6, 6.07) is 0. The van der Waals surface area contributed by atoms with Crippen molar-refractivity contribution in [3.05, 3.63) is 10.6 Å². The van der Waals surface area contributed by atoms with Crippen LogP contribution < -0.4 is 0 Å². The van der Waals surface area contributed by atoms with Gasteiger partial charge in [-0.3, -0.25) is 0 Å². The first-order chi connectivity index (χ1) is 4.13. The van der Waals surface area contributed by atoms with E-state index >= 15 is 0 Å². The van der Waals surface area contributed by atoms with E-state index in [0.717, 1.165) is 5.92 Å². The molecule has 0 fully saturated rings. The summed E-state index contributed by atoms with van der Waals surface area (Å²) in [7, 11) is 0. The van der Waals surface area contributed by atoms with Crippen LogP contribution in [0.25, 0.3) is 0 Å². The van der Waals surface area contributed by atoms with Crippen molar-refractivity contribution in [2.75, 3.05) is 0 Å². The molecule has 1 heteroatoms. The fourth-order valence-electron chi connectivity index (χ4n) is 0.616. The van der Waals surface area contributed by atoms with E-state index in [2.05, 4.69) is 42.8 Å². The number of rotatable bonds is 3. The Kier molecular flexibility index (Phi) is 5.16. The highest BCUT2D eigenvalue weighted by atomic mass is 79.9. The molecule has 0 bridgehead atoms. The molecule has 0 unspecified atom stereocenters. The lowest BCUT2D eigenvalue weighted by molar-refractivity contribution is 0.594. The van der Waals surface area contributed by atoms with E-state index in [9.17, 15) is 0 Å². The molecular weight excluding hydrogens is 176 g/mol. The standard InChI is InChI=1S/C8H15Br/c1-7(2)5-4-6-8(3)9/h6-7H,4-5H2,1-3H3/b8-6-. The summed E-state index contributed by atoms with van der Waals surface area (Å²) in [5, 5.41) is 0. The predicted molar refractivity (Wildman–Crippen MR) is 46.8 cm³/mol. The molecule has 0 rings (SSSR count). The van der Waals surface area contributed by atoms with Crippen molar-refractivity contribution < 1.29 is 0 Å². The molecular formula is C8H15Br. The van der Waals surface area contributed by atoms with Gasteiger partial charge in [0.1, 0.15) is 0 Å². The molecule has 0 nitrogen and oxygen atoms in total. The average molecular weight is 191 g/mol. The molecule has 0 saturated heterocycles. The minimum absolute atomic E-state index is 0.827. The van der Waals surface area contributed by atoms with Crippen LogP contribution in [0, 0.1) is 5.92 Å². The minimum atomic E-state index is 0.827. The second kappa shape index (κ2) is 5.04. The molecule has 0 atom stereocenters. The number of halogens is 1. The van der Waals surface area contributed by atoms with Crippen molar-refractivity contribution >= 4 is 15.9 Å². The molecule has 0 amide bonds. The molecule has 0 aliphatic carbocycles. The molecule has 0 heterocycles. The van der Waals surface area contributed by atoms with Crippen molar-refractivity contribution in [2.24, 2.45) is 5.92 Å². The first-order valence-electron chi connectivity index (χ1n) is 3.45. The summed E-state index contributed by atoms with van der Waals surface area (Å²) >= 11 is 3.39. The van der Waals surface area contributed by atoms with Crippen molar-refractivity contribution in [3.8, 4) is 0 Å². The van der Waals surface area contributed by atoms with E-state index in [-0.39, 0.29) is 0 Å². The maximum Gasteiger partial charge on any atom is -0.0120 e. The number of hydrogen-bond donors (Lipinski definition) is 0. The zero-order chi connectivity index (χ0) is 7.28. The summed E-state index contributed by atoms with van der Waals surface area (Å²) in [6.45, 7) is 6.56. The van der Waals surface area contributed by atoms with Crippen LogP contribution in [-0.4, -0.2) is 0 Å². The molecule has 9 heavy (non-hydrogen) atoms. The van der Waals surface area contributed by atoms with Gasteiger partial charge in [0.05, 0.1) is 0 Å². The Hall–Kier alpha value is 0.220. The fourth-order valence-corrected chi connectivity index (χ4v) is 0.844. The smallest absolute Gasteiger partial charge is 0.0120 e. The Balaban J connectivity index is 3.20. The lowest BCUT2D eigenvalue weighted by Crippen LogP contribution is -1.83. The van der Waals surface area contributed by atoms with Gasteiger partial charge in [0.25, 0.3) is 0 Å². The van der Waals surface area contributed by atoms with Crippen molar-refractivity contribution in [2.45, 2.75) is 33.6 Å². The zero-order valence-electron chi connectivity index (χ0n) is 6.45. The molecule has 0 aliphatic heterocycles. The molecule has 0 spiro atoms. The Labute approximate surface area is 66.5 Å². The van der Waals surface area contributed by atoms with Crippen molar-refractivity contribution in [3.63, 3.8) is 0 Å². The second-order valence-corrected chi connectivity index (χ2v) is 4.01. The van der Waals surface area contributed by atoms with E-state index in [4.69, 9.17) is 0 Å². The third-order valence-corrected chi connectivity index (χ3v) is 1.49. The Morgan fingerprint density at radius 1 is 1.56 bits per heavy atom. The van der Waals surface area contributed by atoms with Crippen LogP contribution in [0.2, 0.25) is 0 Å². The largest absolute Gasteiger partial charge is 0.0746 e. The molecule has 0 radical (unpaired) electrons. The van der Waals surface area contributed by atoms with E-state index in [0.29, 0.717) is 0 Å². The van der Waals surface area contributed by atoms with E-state index in [1.807, 2.05) is 0 Å². The first-order valence-corrected chi connectivity index (χ1v) is 4.24. The van der Waals surface area contributed by atoms with Crippen molar-refractivity contribution in [1.82, 2.24) is 0 Å². The second-order valence-electron chi connectivity index (χ2n) is 2.76. The highest BCUT2D eigenvalue weighted by Gasteiger charge is 1.89. The summed E-state index contributed by atoms with van der Waals surface area (Å²) in [6.07, 6.45) is 4.72. The summed E-state index contributed by atoms with van der Waals surface area (Å²) in [5.74, 6) is 0.827. The van der Waals surface area contributed by atoms with Gasteiger partial charge < -0.3 is 0 Å². The van der Waals surface area contributed by atoms with Gasteiger partial charge in [-0.2, -0.15) is 0 Å². The van der Waals surface area contributed by atoms with Gasteiger partial charge in [0, 0.05) is 0 Å². The van der Waals surface area contributed by atoms with Crippen LogP contribution in [0.3, 0.4) is 0 Å². The number of hydrogen-bond acceptors (Lipinski definition) is 0. The average Bonchev–Trinajstić information content (AvgIpc) is 1.63. The quantitative estimate of drug-likeness (QED) is 0.637. The molecule has 0 aromatic rings.